The molecule has 1 aliphatic rings. The molecule has 104 valence electrons. The fraction of sp³-hybridized carbons (Fsp3) is 0.562. The normalized spacial score (nSPS) is 16.4. The minimum atomic E-state index is 0.171. The number of ether oxygens (including phenoxy) is 1. The van der Waals surface area contributed by atoms with Crippen LogP contribution in [0.3, 0.4) is 0 Å². The number of rotatable bonds is 6. The number of anilines is 1. The maximum absolute atomic E-state index is 12.0. The third-order valence-electron chi connectivity index (χ3n) is 3.87. The molecule has 3 heteroatoms. The van der Waals surface area contributed by atoms with Crippen LogP contribution in [0.2, 0.25) is 0 Å². The molecule has 1 aliphatic heterocycles. The van der Waals surface area contributed by atoms with E-state index in [0.29, 0.717) is 17.7 Å². The number of hydrogen-bond donors (Lipinski definition) is 1. The molecule has 0 radical (unpaired) electrons. The van der Waals surface area contributed by atoms with Crippen molar-refractivity contribution in [1.29, 1.82) is 0 Å². The van der Waals surface area contributed by atoms with Crippen LogP contribution < -0.4 is 5.73 Å². The summed E-state index contributed by atoms with van der Waals surface area (Å²) in [6.07, 6.45) is 6.28. The third-order valence-corrected chi connectivity index (χ3v) is 3.87. The highest BCUT2D eigenvalue weighted by Crippen LogP contribution is 2.22. The molecular weight excluding hydrogens is 238 g/mol. The van der Waals surface area contributed by atoms with Crippen molar-refractivity contribution in [2.45, 2.75) is 38.5 Å². The van der Waals surface area contributed by atoms with Crippen LogP contribution >= 0.6 is 0 Å². The molecule has 0 aliphatic carbocycles. The molecule has 1 saturated heterocycles. The average Bonchev–Trinajstić information content (AvgIpc) is 2.45. The lowest BCUT2D eigenvalue weighted by Crippen LogP contribution is -2.15. The second-order valence-electron chi connectivity index (χ2n) is 5.31. The third kappa shape index (κ3) is 4.35. The monoisotopic (exact) mass is 261 g/mol. The number of carbonyl (C=O) groups excluding carboxylic acids is 1. The SMILES string of the molecule is Nc1ccccc1C(=O)CCCCC1CCOCC1. The van der Waals surface area contributed by atoms with Crippen molar-refractivity contribution in [3.8, 4) is 0 Å². The molecule has 2 N–H and O–H groups in total. The first-order chi connectivity index (χ1) is 9.27. The summed E-state index contributed by atoms with van der Waals surface area (Å²) in [5.41, 5.74) is 7.08. The number of hydrogen-bond acceptors (Lipinski definition) is 3. The highest BCUT2D eigenvalue weighted by atomic mass is 16.5. The Bertz CT molecular complexity index is 411. The summed E-state index contributed by atoms with van der Waals surface area (Å²) in [5.74, 6) is 0.968. The van der Waals surface area contributed by atoms with E-state index in [-0.39, 0.29) is 5.78 Å². The molecule has 1 aromatic carbocycles. The van der Waals surface area contributed by atoms with E-state index < -0.39 is 0 Å². The van der Waals surface area contributed by atoms with Gasteiger partial charge in [-0.25, -0.2) is 0 Å². The predicted octanol–water partition coefficient (Wildman–Crippen LogP) is 3.44. The lowest BCUT2D eigenvalue weighted by molar-refractivity contribution is 0.0630. The summed E-state index contributed by atoms with van der Waals surface area (Å²) in [6, 6.07) is 7.33. The van der Waals surface area contributed by atoms with Crippen molar-refractivity contribution in [3.05, 3.63) is 29.8 Å². The van der Waals surface area contributed by atoms with Crippen molar-refractivity contribution in [1.82, 2.24) is 0 Å². The number of carbonyl (C=O) groups is 1. The van der Waals surface area contributed by atoms with Gasteiger partial charge in [-0.3, -0.25) is 4.79 Å². The smallest absolute Gasteiger partial charge is 0.164 e. The van der Waals surface area contributed by atoms with E-state index in [1.54, 1.807) is 6.07 Å². The van der Waals surface area contributed by atoms with Crippen molar-refractivity contribution in [2.75, 3.05) is 18.9 Å². The van der Waals surface area contributed by atoms with E-state index in [9.17, 15) is 4.79 Å². The average molecular weight is 261 g/mol. The Kier molecular flexibility index (Phi) is 5.40. The lowest BCUT2D eigenvalue weighted by atomic mass is 9.93. The van der Waals surface area contributed by atoms with E-state index in [1.807, 2.05) is 18.2 Å². The summed E-state index contributed by atoms with van der Waals surface area (Å²) < 4.78 is 5.35. The summed E-state index contributed by atoms with van der Waals surface area (Å²) in [4.78, 5) is 12.0. The zero-order chi connectivity index (χ0) is 13.5. The summed E-state index contributed by atoms with van der Waals surface area (Å²) >= 11 is 0. The number of nitrogen functional groups attached to an aromatic ring is 1. The highest BCUT2D eigenvalue weighted by Gasteiger charge is 2.14. The molecule has 0 spiro atoms. The van der Waals surface area contributed by atoms with Gasteiger partial charge < -0.3 is 10.5 Å². The largest absolute Gasteiger partial charge is 0.398 e. The Labute approximate surface area is 115 Å². The highest BCUT2D eigenvalue weighted by molar-refractivity contribution is 6.00. The Hall–Kier alpha value is -1.35. The van der Waals surface area contributed by atoms with Gasteiger partial charge in [-0.05, 0) is 37.3 Å². The van der Waals surface area contributed by atoms with Crippen LogP contribution in [0.15, 0.2) is 24.3 Å². The van der Waals surface area contributed by atoms with Crippen LogP contribution in [0.25, 0.3) is 0 Å². The Morgan fingerprint density at radius 1 is 1.21 bits per heavy atom. The van der Waals surface area contributed by atoms with Gasteiger partial charge in [0.1, 0.15) is 0 Å². The molecule has 0 unspecified atom stereocenters. The van der Waals surface area contributed by atoms with E-state index >= 15 is 0 Å². The summed E-state index contributed by atoms with van der Waals surface area (Å²) in [6.45, 7) is 1.81. The van der Waals surface area contributed by atoms with Crippen molar-refractivity contribution < 1.29 is 9.53 Å². The molecule has 19 heavy (non-hydrogen) atoms. The first kappa shape index (κ1) is 14.1. The lowest BCUT2D eigenvalue weighted by Gasteiger charge is -2.21. The van der Waals surface area contributed by atoms with Crippen LogP contribution in [-0.4, -0.2) is 19.0 Å². The molecular formula is C16H23NO2. The van der Waals surface area contributed by atoms with E-state index in [1.165, 1.54) is 19.3 Å². The fourth-order valence-electron chi connectivity index (χ4n) is 2.64. The van der Waals surface area contributed by atoms with Crippen LogP contribution in [0.5, 0.6) is 0 Å². The Morgan fingerprint density at radius 3 is 2.68 bits per heavy atom. The molecule has 0 bridgehead atoms. The van der Waals surface area contributed by atoms with E-state index in [0.717, 1.165) is 32.0 Å². The zero-order valence-electron chi connectivity index (χ0n) is 11.4. The molecule has 0 atom stereocenters. The van der Waals surface area contributed by atoms with E-state index in [4.69, 9.17) is 10.5 Å². The van der Waals surface area contributed by atoms with Crippen molar-refractivity contribution >= 4 is 11.5 Å². The van der Waals surface area contributed by atoms with Gasteiger partial charge in [0.25, 0.3) is 0 Å². The predicted molar refractivity (Wildman–Crippen MR) is 77.2 cm³/mol. The van der Waals surface area contributed by atoms with Crippen LogP contribution in [0.4, 0.5) is 5.69 Å². The standard InChI is InChI=1S/C16H23NO2/c17-15-7-3-2-6-14(15)16(18)8-4-1-5-13-9-11-19-12-10-13/h2-3,6-7,13H,1,4-5,8-12,17H2. The first-order valence-corrected chi connectivity index (χ1v) is 7.23. The molecule has 0 amide bonds. The second kappa shape index (κ2) is 7.29. The number of benzene rings is 1. The van der Waals surface area contributed by atoms with Gasteiger partial charge in [-0.15, -0.1) is 0 Å². The summed E-state index contributed by atoms with van der Waals surface area (Å²) in [5, 5.41) is 0. The number of para-hydroxylation sites is 1. The van der Waals surface area contributed by atoms with Gasteiger partial charge in [-0.2, -0.15) is 0 Å². The molecule has 1 fully saturated rings. The number of ketones is 1. The molecule has 1 heterocycles. The van der Waals surface area contributed by atoms with Gasteiger partial charge in [0.05, 0.1) is 0 Å². The minimum absolute atomic E-state index is 0.171. The van der Waals surface area contributed by atoms with E-state index in [2.05, 4.69) is 0 Å². The number of Topliss-reactive ketones (excluding diaryl/α,β-unsaturated/α-hetero) is 1. The number of nitrogens with two attached hydrogens (primary N) is 1. The van der Waals surface area contributed by atoms with Gasteiger partial charge in [0, 0.05) is 30.9 Å². The number of unbranched alkanes of at least 4 members (excludes halogenated alkanes) is 1. The molecule has 1 aromatic rings. The van der Waals surface area contributed by atoms with Gasteiger partial charge in [0.2, 0.25) is 0 Å². The maximum atomic E-state index is 12.0. The second-order valence-corrected chi connectivity index (χ2v) is 5.31. The van der Waals surface area contributed by atoms with Crippen LogP contribution in [-0.2, 0) is 4.74 Å². The fourth-order valence-corrected chi connectivity index (χ4v) is 2.64. The molecule has 2 rings (SSSR count). The van der Waals surface area contributed by atoms with Crippen LogP contribution in [0, 0.1) is 5.92 Å². The van der Waals surface area contributed by atoms with Gasteiger partial charge in [-0.1, -0.05) is 25.0 Å². The van der Waals surface area contributed by atoms with Crippen LogP contribution in [0.1, 0.15) is 48.9 Å². The first-order valence-electron chi connectivity index (χ1n) is 7.23. The van der Waals surface area contributed by atoms with Crippen molar-refractivity contribution in [3.63, 3.8) is 0 Å². The Morgan fingerprint density at radius 2 is 1.95 bits per heavy atom. The quantitative estimate of drug-likeness (QED) is 0.485. The molecule has 3 nitrogen and oxygen atoms in total. The summed E-state index contributed by atoms with van der Waals surface area (Å²) in [7, 11) is 0. The maximum Gasteiger partial charge on any atom is 0.164 e. The molecule has 0 aromatic heterocycles. The zero-order valence-corrected chi connectivity index (χ0v) is 11.4. The Balaban J connectivity index is 1.68. The van der Waals surface area contributed by atoms with Crippen molar-refractivity contribution in [2.24, 2.45) is 5.92 Å². The van der Waals surface area contributed by atoms with Gasteiger partial charge >= 0.3 is 0 Å². The van der Waals surface area contributed by atoms with Gasteiger partial charge in [0.15, 0.2) is 5.78 Å². The topological polar surface area (TPSA) is 52.3 Å². The minimum Gasteiger partial charge on any atom is -0.398 e. The molecule has 0 saturated carbocycles.